The highest BCUT2D eigenvalue weighted by Crippen LogP contribution is 2.36. The van der Waals surface area contributed by atoms with Crippen molar-refractivity contribution >= 4 is 52.3 Å². The van der Waals surface area contributed by atoms with Gasteiger partial charge in [0.05, 0.1) is 14.9 Å². The van der Waals surface area contributed by atoms with Gasteiger partial charge in [0.2, 0.25) is 5.09 Å². The van der Waals surface area contributed by atoms with Crippen LogP contribution in [0.4, 0.5) is 4.39 Å². The van der Waals surface area contributed by atoms with E-state index in [1.165, 1.54) is 24.5 Å². The maximum absolute atomic E-state index is 13.6. The van der Waals surface area contributed by atoms with E-state index in [0.29, 0.717) is 12.2 Å². The van der Waals surface area contributed by atoms with E-state index < -0.39 is 23.9 Å². The molecule has 1 aromatic carbocycles. The molecule has 5 nitrogen and oxygen atoms in total. The summed E-state index contributed by atoms with van der Waals surface area (Å²) in [4.78, 5) is 0. The highest BCUT2D eigenvalue weighted by atomic mass is 127. The third-order valence-corrected chi connectivity index (χ3v) is 8.32. The molecule has 0 aliphatic heterocycles. The number of furan rings is 1. The Kier molecular flexibility index (Phi) is 7.30. The number of halogens is 3. The molecule has 0 saturated carbocycles. The molecule has 0 unspecified atom stereocenters. The number of benzene rings is 1. The van der Waals surface area contributed by atoms with Crippen molar-refractivity contribution < 1.29 is 22.0 Å². The average molecular weight is 532 g/mol. The van der Waals surface area contributed by atoms with E-state index in [4.69, 9.17) is 20.8 Å². The second-order valence-electron chi connectivity index (χ2n) is 6.86. The third-order valence-electron chi connectivity index (χ3n) is 3.55. The van der Waals surface area contributed by atoms with Gasteiger partial charge in [-0.3, -0.25) is 0 Å². The van der Waals surface area contributed by atoms with Gasteiger partial charge in [0, 0.05) is 25.8 Å². The van der Waals surface area contributed by atoms with Crippen LogP contribution in [-0.4, -0.2) is 29.8 Å². The van der Waals surface area contributed by atoms with Gasteiger partial charge in [0.15, 0.2) is 0 Å². The molecule has 0 aliphatic rings. The van der Waals surface area contributed by atoms with Crippen LogP contribution in [0.25, 0.3) is 11.1 Å². The molecule has 0 saturated heterocycles. The minimum Gasteiger partial charge on any atom is -0.451 e. The second-order valence-corrected chi connectivity index (χ2v) is 15.6. The first-order valence-corrected chi connectivity index (χ1v) is 14.5. The van der Waals surface area contributed by atoms with Gasteiger partial charge in [-0.15, -0.1) is 0 Å². The Bertz CT molecular complexity index is 883. The summed E-state index contributed by atoms with van der Waals surface area (Å²) in [5, 5.41) is -0.148. The molecule has 0 atom stereocenters. The number of hydrogen-bond acceptors (Lipinski definition) is 4. The first-order chi connectivity index (χ1) is 12.0. The number of hydrogen-bond donors (Lipinski definition) is 1. The van der Waals surface area contributed by atoms with E-state index in [0.717, 1.165) is 6.04 Å². The monoisotopic (exact) mass is 531 g/mol. The van der Waals surface area contributed by atoms with E-state index in [-0.39, 0.29) is 26.0 Å². The summed E-state index contributed by atoms with van der Waals surface area (Å²) in [7, 11) is -5.18. The third kappa shape index (κ3) is 5.52. The molecule has 0 spiro atoms. The fourth-order valence-corrected chi connectivity index (χ4v) is 4.57. The van der Waals surface area contributed by atoms with Gasteiger partial charge in [0.1, 0.15) is 12.5 Å². The zero-order valence-corrected chi connectivity index (χ0v) is 19.3. The normalized spacial score (nSPS) is 12.5. The summed E-state index contributed by atoms with van der Waals surface area (Å²) < 4.78 is 51.7. The standard InChI is InChI=1S/C16H20ClFINO4SSi/c1-26(2,3)9-8-23-10-20-25(21,22)16-12(6-7-24-16)11-4-5-13(18)15(19)14(11)17/h4-7,20H,8-10H2,1-3H3. The lowest BCUT2D eigenvalue weighted by Crippen LogP contribution is -2.28. The molecule has 10 heteroatoms. The van der Waals surface area contributed by atoms with Crippen LogP contribution in [0.15, 0.2) is 34.0 Å². The van der Waals surface area contributed by atoms with Crippen LogP contribution in [0.1, 0.15) is 0 Å². The van der Waals surface area contributed by atoms with Gasteiger partial charge >= 0.3 is 0 Å². The molecule has 26 heavy (non-hydrogen) atoms. The van der Waals surface area contributed by atoms with E-state index in [1.54, 1.807) is 22.6 Å². The predicted octanol–water partition coefficient (Wildman–Crippen LogP) is 4.93. The van der Waals surface area contributed by atoms with Crippen molar-refractivity contribution in [1.82, 2.24) is 4.72 Å². The molecule has 0 bridgehead atoms. The van der Waals surface area contributed by atoms with Gasteiger partial charge in [-0.1, -0.05) is 31.2 Å². The van der Waals surface area contributed by atoms with Crippen molar-refractivity contribution in [2.45, 2.75) is 30.8 Å². The average Bonchev–Trinajstić information content (AvgIpc) is 3.01. The highest BCUT2D eigenvalue weighted by molar-refractivity contribution is 14.1. The van der Waals surface area contributed by atoms with Crippen molar-refractivity contribution in [2.24, 2.45) is 0 Å². The molecule has 0 fully saturated rings. The summed E-state index contributed by atoms with van der Waals surface area (Å²) in [6.45, 7) is 6.98. The Morgan fingerprint density at radius 3 is 2.62 bits per heavy atom. The molecule has 1 N–H and O–H groups in total. The largest absolute Gasteiger partial charge is 0.451 e. The maximum Gasteiger partial charge on any atom is 0.276 e. The van der Waals surface area contributed by atoms with E-state index in [2.05, 4.69) is 24.4 Å². The maximum atomic E-state index is 13.6. The zero-order valence-electron chi connectivity index (χ0n) is 14.6. The molecule has 2 rings (SSSR count). The lowest BCUT2D eigenvalue weighted by Gasteiger charge is -2.15. The summed E-state index contributed by atoms with van der Waals surface area (Å²) in [6.07, 6.45) is 1.25. The van der Waals surface area contributed by atoms with Gasteiger partial charge in [-0.05, 0) is 46.8 Å². The quantitative estimate of drug-likeness (QED) is 0.172. The molecule has 144 valence electrons. The Balaban J connectivity index is 2.15. The molecule has 0 amide bonds. The molecule has 2 aromatic rings. The van der Waals surface area contributed by atoms with Crippen LogP contribution in [0, 0.1) is 9.39 Å². The van der Waals surface area contributed by atoms with Gasteiger partial charge < -0.3 is 9.15 Å². The molecule has 0 aliphatic carbocycles. The van der Waals surface area contributed by atoms with Crippen LogP contribution in [0.5, 0.6) is 0 Å². The first kappa shape index (κ1) is 21.8. The number of rotatable bonds is 8. The molecular formula is C16H20ClFINO4SSi. The van der Waals surface area contributed by atoms with Crippen LogP contribution >= 0.6 is 34.2 Å². The summed E-state index contributed by atoms with van der Waals surface area (Å²) in [5.74, 6) is -0.471. The molecule has 0 radical (unpaired) electrons. The van der Waals surface area contributed by atoms with E-state index in [9.17, 15) is 12.8 Å². The molecule has 1 aromatic heterocycles. The highest BCUT2D eigenvalue weighted by Gasteiger charge is 2.25. The lowest BCUT2D eigenvalue weighted by molar-refractivity contribution is 0.143. The number of ether oxygens (including phenoxy) is 1. The summed E-state index contributed by atoms with van der Waals surface area (Å²) >= 11 is 7.95. The zero-order chi connectivity index (χ0) is 19.5. The van der Waals surface area contributed by atoms with Crippen molar-refractivity contribution in [3.63, 3.8) is 0 Å². The molecule has 1 heterocycles. The summed E-state index contributed by atoms with van der Waals surface area (Å²) in [6, 6.07) is 5.08. The smallest absolute Gasteiger partial charge is 0.276 e. The lowest BCUT2D eigenvalue weighted by atomic mass is 10.1. The van der Waals surface area contributed by atoms with Crippen LogP contribution < -0.4 is 4.72 Å². The van der Waals surface area contributed by atoms with Crippen LogP contribution in [-0.2, 0) is 14.8 Å². The Hall–Kier alpha value is -0.463. The second kappa shape index (κ2) is 8.70. The van der Waals surface area contributed by atoms with Crippen LogP contribution in [0.3, 0.4) is 0 Å². The number of sulfonamides is 1. The van der Waals surface area contributed by atoms with Gasteiger partial charge in [0.25, 0.3) is 10.0 Å². The predicted molar refractivity (Wildman–Crippen MR) is 111 cm³/mol. The van der Waals surface area contributed by atoms with Gasteiger partial charge in [-0.2, -0.15) is 4.72 Å². The minimum absolute atomic E-state index is 0.134. The minimum atomic E-state index is -3.94. The first-order valence-electron chi connectivity index (χ1n) is 7.82. The summed E-state index contributed by atoms with van der Waals surface area (Å²) in [5.41, 5.74) is 0.647. The van der Waals surface area contributed by atoms with Crippen molar-refractivity contribution in [2.75, 3.05) is 13.3 Å². The van der Waals surface area contributed by atoms with E-state index >= 15 is 0 Å². The SMILES string of the molecule is C[Si](C)(C)CCOCNS(=O)(=O)c1occc1-c1ccc(F)c(I)c1Cl. The molecular weight excluding hydrogens is 512 g/mol. The van der Waals surface area contributed by atoms with E-state index in [1.807, 2.05) is 0 Å². The van der Waals surface area contributed by atoms with Crippen molar-refractivity contribution in [3.8, 4) is 11.1 Å². The Morgan fingerprint density at radius 1 is 1.27 bits per heavy atom. The van der Waals surface area contributed by atoms with Crippen molar-refractivity contribution in [3.05, 3.63) is 38.9 Å². The Morgan fingerprint density at radius 2 is 1.96 bits per heavy atom. The topological polar surface area (TPSA) is 68.5 Å². The van der Waals surface area contributed by atoms with Crippen molar-refractivity contribution in [1.29, 1.82) is 0 Å². The fraction of sp³-hybridized carbons (Fsp3) is 0.375. The number of nitrogens with one attached hydrogen (secondary N) is 1. The fourth-order valence-electron chi connectivity index (χ4n) is 2.07. The Labute approximate surface area is 172 Å². The van der Waals surface area contributed by atoms with Gasteiger partial charge in [-0.25, -0.2) is 12.8 Å². The van der Waals surface area contributed by atoms with Crippen LogP contribution in [0.2, 0.25) is 30.7 Å².